The third-order valence-corrected chi connectivity index (χ3v) is 3.19. The van der Waals surface area contributed by atoms with Gasteiger partial charge < -0.3 is 0 Å². The van der Waals surface area contributed by atoms with Crippen molar-refractivity contribution in [3.05, 3.63) is 35.4 Å². The Balaban J connectivity index is 2.36. The SMILES string of the molecule is CON(C)C(=O)CSCc1ccc(C#N)cc1. The molecule has 0 heterocycles. The lowest BCUT2D eigenvalue weighted by molar-refractivity contribution is -0.165. The minimum Gasteiger partial charge on any atom is -0.275 e. The summed E-state index contributed by atoms with van der Waals surface area (Å²) in [5, 5.41) is 9.86. The molecular formula is C12H14N2O2S. The van der Waals surface area contributed by atoms with E-state index in [1.54, 1.807) is 19.2 Å². The fourth-order valence-corrected chi connectivity index (χ4v) is 2.01. The predicted octanol–water partition coefficient (Wildman–Crippen LogP) is 1.81. The number of carbonyl (C=O) groups excluding carboxylic acids is 1. The van der Waals surface area contributed by atoms with Crippen LogP contribution in [0.25, 0.3) is 0 Å². The van der Waals surface area contributed by atoms with Crippen LogP contribution in [-0.4, -0.2) is 30.9 Å². The fraction of sp³-hybridized carbons (Fsp3) is 0.333. The van der Waals surface area contributed by atoms with Gasteiger partial charge in [0.2, 0.25) is 0 Å². The van der Waals surface area contributed by atoms with Crippen molar-refractivity contribution in [1.29, 1.82) is 5.26 Å². The molecule has 0 aliphatic heterocycles. The molecular weight excluding hydrogens is 236 g/mol. The zero-order valence-corrected chi connectivity index (χ0v) is 10.7. The second kappa shape index (κ2) is 6.94. The summed E-state index contributed by atoms with van der Waals surface area (Å²) in [7, 11) is 3.05. The number of benzene rings is 1. The Morgan fingerprint density at radius 2 is 2.12 bits per heavy atom. The zero-order valence-electron chi connectivity index (χ0n) is 9.84. The van der Waals surface area contributed by atoms with E-state index in [1.165, 1.54) is 23.9 Å². The van der Waals surface area contributed by atoms with Gasteiger partial charge in [0.1, 0.15) is 0 Å². The maximum atomic E-state index is 11.4. The Bertz CT molecular complexity index is 412. The average molecular weight is 250 g/mol. The second-order valence-electron chi connectivity index (χ2n) is 3.38. The Kier molecular flexibility index (Phi) is 5.53. The van der Waals surface area contributed by atoms with Crippen molar-refractivity contribution in [2.24, 2.45) is 0 Å². The average Bonchev–Trinajstić information content (AvgIpc) is 2.38. The molecule has 1 rings (SSSR count). The molecule has 4 nitrogen and oxygen atoms in total. The number of amides is 1. The van der Waals surface area contributed by atoms with Crippen LogP contribution >= 0.6 is 11.8 Å². The van der Waals surface area contributed by atoms with E-state index in [4.69, 9.17) is 10.1 Å². The molecule has 0 fully saturated rings. The van der Waals surface area contributed by atoms with Gasteiger partial charge in [0.05, 0.1) is 24.5 Å². The van der Waals surface area contributed by atoms with Gasteiger partial charge in [-0.3, -0.25) is 9.63 Å². The molecule has 0 bridgehead atoms. The Morgan fingerprint density at radius 3 is 2.65 bits per heavy atom. The van der Waals surface area contributed by atoms with Crippen LogP contribution in [0.4, 0.5) is 0 Å². The number of rotatable bonds is 5. The molecule has 0 unspecified atom stereocenters. The third-order valence-electron chi connectivity index (χ3n) is 2.20. The van der Waals surface area contributed by atoms with Gasteiger partial charge in [-0.2, -0.15) is 5.26 Å². The largest absolute Gasteiger partial charge is 0.275 e. The first-order chi connectivity index (χ1) is 8.17. The molecule has 0 aromatic heterocycles. The van der Waals surface area contributed by atoms with Crippen LogP contribution in [0.2, 0.25) is 0 Å². The van der Waals surface area contributed by atoms with Crippen LogP contribution in [0.1, 0.15) is 11.1 Å². The summed E-state index contributed by atoms with van der Waals surface area (Å²) in [6.45, 7) is 0. The van der Waals surface area contributed by atoms with E-state index in [0.717, 1.165) is 11.3 Å². The quantitative estimate of drug-likeness (QED) is 0.748. The maximum absolute atomic E-state index is 11.4. The van der Waals surface area contributed by atoms with Crippen LogP contribution in [0.3, 0.4) is 0 Å². The Labute approximate surface area is 105 Å². The summed E-state index contributed by atoms with van der Waals surface area (Å²) in [6.07, 6.45) is 0. The summed E-state index contributed by atoms with van der Waals surface area (Å²) in [5.41, 5.74) is 1.75. The van der Waals surface area contributed by atoms with Crippen molar-refractivity contribution in [3.8, 4) is 6.07 Å². The number of thioether (sulfide) groups is 1. The molecule has 5 heteroatoms. The number of hydrogen-bond acceptors (Lipinski definition) is 4. The van der Waals surface area contributed by atoms with Crippen molar-refractivity contribution < 1.29 is 9.63 Å². The molecule has 0 radical (unpaired) electrons. The van der Waals surface area contributed by atoms with E-state index in [2.05, 4.69) is 6.07 Å². The molecule has 0 N–H and O–H groups in total. The van der Waals surface area contributed by atoms with Gasteiger partial charge in [0, 0.05) is 12.8 Å². The number of carbonyl (C=O) groups is 1. The van der Waals surface area contributed by atoms with Crippen LogP contribution in [0, 0.1) is 11.3 Å². The normalized spacial score (nSPS) is 9.71. The minimum atomic E-state index is -0.0638. The van der Waals surface area contributed by atoms with Gasteiger partial charge in [0.25, 0.3) is 5.91 Å². The highest BCUT2D eigenvalue weighted by Crippen LogP contribution is 2.13. The van der Waals surface area contributed by atoms with Gasteiger partial charge >= 0.3 is 0 Å². The van der Waals surface area contributed by atoms with Crippen LogP contribution in [-0.2, 0) is 15.4 Å². The van der Waals surface area contributed by atoms with Gasteiger partial charge in [-0.1, -0.05) is 12.1 Å². The lowest BCUT2D eigenvalue weighted by Crippen LogP contribution is -2.27. The van der Waals surface area contributed by atoms with Crippen molar-refractivity contribution in [2.45, 2.75) is 5.75 Å². The molecule has 17 heavy (non-hydrogen) atoms. The molecule has 0 aliphatic carbocycles. The minimum absolute atomic E-state index is 0.0638. The first-order valence-electron chi connectivity index (χ1n) is 5.05. The van der Waals surface area contributed by atoms with Crippen LogP contribution in [0.5, 0.6) is 0 Å². The molecule has 0 spiro atoms. The smallest absolute Gasteiger partial charge is 0.255 e. The van der Waals surface area contributed by atoms with Gasteiger partial charge in [-0.15, -0.1) is 11.8 Å². The lowest BCUT2D eigenvalue weighted by atomic mass is 10.2. The van der Waals surface area contributed by atoms with E-state index in [-0.39, 0.29) is 5.91 Å². The molecule has 0 aliphatic rings. The van der Waals surface area contributed by atoms with Gasteiger partial charge in [-0.25, -0.2) is 5.06 Å². The summed E-state index contributed by atoms with van der Waals surface area (Å²) < 4.78 is 0. The maximum Gasteiger partial charge on any atom is 0.255 e. The molecule has 1 amide bonds. The van der Waals surface area contributed by atoms with E-state index in [0.29, 0.717) is 11.3 Å². The summed E-state index contributed by atoms with van der Waals surface area (Å²) in [5.74, 6) is 1.06. The zero-order chi connectivity index (χ0) is 12.7. The van der Waals surface area contributed by atoms with Crippen molar-refractivity contribution in [1.82, 2.24) is 5.06 Å². The van der Waals surface area contributed by atoms with E-state index >= 15 is 0 Å². The van der Waals surface area contributed by atoms with Gasteiger partial charge in [-0.05, 0) is 17.7 Å². The van der Waals surface area contributed by atoms with Crippen LogP contribution in [0.15, 0.2) is 24.3 Å². The number of nitrogens with zero attached hydrogens (tertiary/aromatic N) is 2. The highest BCUT2D eigenvalue weighted by atomic mass is 32.2. The summed E-state index contributed by atoms with van der Waals surface area (Å²) >= 11 is 1.52. The molecule has 90 valence electrons. The Hall–Kier alpha value is -1.51. The van der Waals surface area contributed by atoms with Crippen molar-refractivity contribution >= 4 is 17.7 Å². The molecule has 0 saturated carbocycles. The first-order valence-corrected chi connectivity index (χ1v) is 6.20. The second-order valence-corrected chi connectivity index (χ2v) is 4.36. The predicted molar refractivity (Wildman–Crippen MR) is 67.1 cm³/mol. The number of nitriles is 1. The number of hydroxylamine groups is 2. The lowest BCUT2D eigenvalue weighted by Gasteiger charge is -2.12. The molecule has 0 atom stereocenters. The van der Waals surface area contributed by atoms with Crippen molar-refractivity contribution in [3.63, 3.8) is 0 Å². The first kappa shape index (κ1) is 13.6. The summed E-state index contributed by atoms with van der Waals surface area (Å²) in [6, 6.07) is 9.42. The van der Waals surface area contributed by atoms with E-state index in [9.17, 15) is 4.79 Å². The fourth-order valence-electron chi connectivity index (χ4n) is 1.12. The highest BCUT2D eigenvalue weighted by molar-refractivity contribution is 7.99. The molecule has 1 aromatic carbocycles. The third kappa shape index (κ3) is 4.47. The van der Waals surface area contributed by atoms with E-state index < -0.39 is 0 Å². The standard InChI is InChI=1S/C12H14N2O2S/c1-14(16-2)12(15)9-17-8-11-5-3-10(7-13)4-6-11/h3-6H,8-9H2,1-2H3. The Morgan fingerprint density at radius 1 is 1.47 bits per heavy atom. The van der Waals surface area contributed by atoms with Gasteiger partial charge in [0.15, 0.2) is 0 Å². The van der Waals surface area contributed by atoms with Crippen LogP contribution < -0.4 is 0 Å². The topological polar surface area (TPSA) is 53.3 Å². The molecule has 1 aromatic rings. The molecule has 0 saturated heterocycles. The summed E-state index contributed by atoms with van der Waals surface area (Å²) in [4.78, 5) is 16.2. The number of hydrogen-bond donors (Lipinski definition) is 0. The highest BCUT2D eigenvalue weighted by Gasteiger charge is 2.07. The van der Waals surface area contributed by atoms with E-state index in [1.807, 2.05) is 12.1 Å². The monoisotopic (exact) mass is 250 g/mol. The van der Waals surface area contributed by atoms with Crippen molar-refractivity contribution in [2.75, 3.05) is 19.9 Å².